The monoisotopic (exact) mass is 1290 g/mol. The lowest BCUT2D eigenvalue weighted by Gasteiger charge is -2.14. The van der Waals surface area contributed by atoms with Crippen LogP contribution in [0.15, 0.2) is 65.8 Å². The molecule has 0 aliphatic rings. The topological polar surface area (TPSA) is 398 Å². The van der Waals surface area contributed by atoms with Crippen LogP contribution in [0.4, 0.5) is 35.8 Å². The first-order valence-electron chi connectivity index (χ1n) is 23.0. The Bertz CT molecular complexity index is 3130. The summed E-state index contributed by atoms with van der Waals surface area (Å²) in [5.74, 6) is -3.23. The molecule has 3 heterocycles. The largest absolute Gasteiger partial charge is 0.778 e. The van der Waals surface area contributed by atoms with Gasteiger partial charge in [0.25, 0.3) is 15.9 Å². The minimum Gasteiger partial charge on any atom is -0.778 e. The zero-order valence-electron chi connectivity index (χ0n) is 45.9. The van der Waals surface area contributed by atoms with E-state index in [1.165, 1.54) is 69.7 Å². The maximum Gasteiger partial charge on any atom is 0.416 e. The molecule has 0 radical (unpaired) electrons. The Kier molecular flexibility index (Phi) is 31.3. The average molecular weight is 1290 g/mol. The van der Waals surface area contributed by atoms with Gasteiger partial charge in [0.2, 0.25) is 34.9 Å². The number of carbonyl (C=O) groups is 5. The molecule has 2 aromatic carbocycles. The van der Waals surface area contributed by atoms with Gasteiger partial charge in [0, 0.05) is 32.9 Å². The zero-order valence-corrected chi connectivity index (χ0v) is 50.7. The van der Waals surface area contributed by atoms with Crippen LogP contribution in [0.25, 0.3) is 0 Å². The minimum absolute atomic E-state index is 0.0246. The number of carbonyl (C=O) groups excluding carboxylic acids is 3. The smallest absolute Gasteiger partial charge is 0.416 e. The summed E-state index contributed by atoms with van der Waals surface area (Å²) in [5.41, 5.74) is -1.31. The molecule has 2 atom stereocenters. The van der Waals surface area contributed by atoms with Crippen LogP contribution in [0.1, 0.15) is 54.0 Å². The molecule has 5 aromatic rings. The number of methoxy groups -OCH3 is 2. The summed E-state index contributed by atoms with van der Waals surface area (Å²) in [7, 11) is -2.56. The molecule has 0 aliphatic heterocycles. The van der Waals surface area contributed by atoms with E-state index in [-0.39, 0.29) is 61.7 Å². The van der Waals surface area contributed by atoms with Gasteiger partial charge in [0.05, 0.1) is 78.6 Å². The Balaban J connectivity index is 0.000000577. The standard InChI is InChI=1S/C17H11Cl2F3O5.C15H18N6O6S.C8H14ClN5.C3H8NO5P.C3H9S/c1-8(15(23)24)26-16(25)11-7-10(3-4-12(11)18)27-14-5-2-9(6-13(14)19)17(20,21)22;1-21(2)13(22)9-6-5-7-16-12(9)28(24,25)20-15(23)19-14-17-10(26-3)8-11(18-14)27-4;1-4-10-7-12-6(9)13-8(14-7)11-5(2)3;5-3(6)1-4-2-10(7,8)9;1-4(2)3/h2-8H,1H3,(H,23,24);5-8H,1-4H3,(H2,17,18,19,20,23);5H,4H2,1-3H3,(H2,10,11,12,13,14);4H,1-2H2,(H,5,6)(H2,7,8,9);1-3H3/q;;;;+1/p-1/t8-;;;;/m0..../s1. The summed E-state index contributed by atoms with van der Waals surface area (Å²) in [4.78, 5) is 99.5. The number of sulfonamides is 1. The molecule has 1 unspecified atom stereocenters. The first kappa shape index (κ1) is 73.9. The van der Waals surface area contributed by atoms with Gasteiger partial charge in [-0.15, -0.1) is 0 Å². The molecule has 0 saturated heterocycles. The number of amides is 3. The first-order chi connectivity index (χ1) is 38.4. The predicted octanol–water partition coefficient (Wildman–Crippen LogP) is 5.97. The number of aromatic nitrogens is 6. The molecule has 0 bridgehead atoms. The van der Waals surface area contributed by atoms with E-state index in [2.05, 4.69) is 64.6 Å². The number of carboxylic acids is 2. The van der Waals surface area contributed by atoms with Crippen molar-refractivity contribution in [3.63, 3.8) is 0 Å². The van der Waals surface area contributed by atoms with Gasteiger partial charge >= 0.3 is 30.1 Å². The van der Waals surface area contributed by atoms with Crippen molar-refractivity contribution < 1.29 is 89.1 Å². The molecule has 0 saturated carbocycles. The summed E-state index contributed by atoms with van der Waals surface area (Å²) in [6, 6.07) is 9.50. The molecule has 3 amide bonds. The fourth-order valence-electron chi connectivity index (χ4n) is 5.07. The fraction of sp³-hybridized carbons (Fsp3) is 0.370. The number of carboxylic acid groups (broad SMARTS) is 2. The number of nitrogens with one attached hydrogen (secondary N) is 5. The Hall–Kier alpha value is -7.10. The number of alkyl halides is 3. The van der Waals surface area contributed by atoms with Crippen LogP contribution in [0.3, 0.4) is 0 Å². The van der Waals surface area contributed by atoms with E-state index >= 15 is 0 Å². The number of pyridine rings is 1. The third-order valence-electron chi connectivity index (χ3n) is 8.44. The van der Waals surface area contributed by atoms with Gasteiger partial charge in [0.1, 0.15) is 19.1 Å². The van der Waals surface area contributed by atoms with Crippen LogP contribution in [0.2, 0.25) is 15.3 Å². The lowest BCUT2D eigenvalue weighted by molar-refractivity contribution is -0.193. The van der Waals surface area contributed by atoms with Crippen LogP contribution in [-0.4, -0.2) is 167 Å². The van der Waals surface area contributed by atoms with Gasteiger partial charge in [-0.05, 0) is 98.7 Å². The van der Waals surface area contributed by atoms with Crippen molar-refractivity contribution in [2.45, 2.75) is 51.0 Å². The second kappa shape index (κ2) is 35.1. The molecule has 0 fully saturated rings. The molecule has 0 aliphatic carbocycles. The van der Waals surface area contributed by atoms with Crippen molar-refractivity contribution in [3.8, 4) is 23.3 Å². The van der Waals surface area contributed by atoms with Crippen LogP contribution >= 0.6 is 42.4 Å². The van der Waals surface area contributed by atoms with Crippen LogP contribution in [0, 0.1) is 0 Å². The number of halogens is 6. The van der Waals surface area contributed by atoms with Crippen molar-refractivity contribution in [1.82, 2.24) is 44.8 Å². The van der Waals surface area contributed by atoms with Crippen molar-refractivity contribution >= 4 is 111 Å². The summed E-state index contributed by atoms with van der Waals surface area (Å²) < 4.78 is 94.8. The Morgan fingerprint density at radius 1 is 0.843 bits per heavy atom. The summed E-state index contributed by atoms with van der Waals surface area (Å²) in [6.45, 7) is 7.41. The summed E-state index contributed by atoms with van der Waals surface area (Å²) >= 11 is 17.4. The SMILES string of the molecule is CCNc1nc(Cl)nc(NC(C)C)n1.COc1cc(OC)nc(NC(=O)NS(=O)(=O)c2ncccc2C(=O)N(C)C)n1.C[C@H](OC(=O)c1cc(Oc2ccc(C(F)(F)F)cc2Cl)ccc1Cl)C(=O)O.C[S+](C)C.O=C(O)CNCP(=O)([O-])O. The third kappa shape index (κ3) is 29.1. The molecule has 37 heteroatoms. The van der Waals surface area contributed by atoms with Gasteiger partial charge in [-0.3, -0.25) is 20.2 Å². The fourth-order valence-corrected chi connectivity index (χ4v) is 7.08. The second-order valence-corrected chi connectivity index (χ2v) is 23.4. The molecule has 28 nitrogen and oxygen atoms in total. The lowest BCUT2D eigenvalue weighted by atomic mass is 10.2. The highest BCUT2D eigenvalue weighted by molar-refractivity contribution is 7.94. The number of esters is 1. The highest BCUT2D eigenvalue weighted by Gasteiger charge is 2.31. The second-order valence-electron chi connectivity index (χ2n) is 16.6. The zero-order chi connectivity index (χ0) is 63.6. The molecule has 83 heavy (non-hydrogen) atoms. The Labute approximate surface area is 492 Å². The number of hydrogen-bond acceptors (Lipinski definition) is 22. The maximum atomic E-state index is 12.7. The normalized spacial score (nSPS) is 11.8. The van der Waals surface area contributed by atoms with E-state index in [1.54, 1.807) is 4.72 Å². The predicted molar refractivity (Wildman–Crippen MR) is 300 cm³/mol. The van der Waals surface area contributed by atoms with Gasteiger partial charge in [-0.1, -0.05) is 23.2 Å². The molecule has 8 N–H and O–H groups in total. The van der Waals surface area contributed by atoms with Crippen molar-refractivity contribution in [3.05, 3.63) is 92.8 Å². The van der Waals surface area contributed by atoms with Crippen LogP contribution < -0.4 is 45.1 Å². The quantitative estimate of drug-likeness (QED) is 0.0268. The molecule has 458 valence electrons. The number of anilines is 3. The van der Waals surface area contributed by atoms with Crippen molar-refractivity contribution in [2.24, 2.45) is 0 Å². The van der Waals surface area contributed by atoms with E-state index in [4.69, 9.17) is 68.9 Å². The Morgan fingerprint density at radius 2 is 1.43 bits per heavy atom. The first-order valence-corrected chi connectivity index (χ1v) is 29.9. The van der Waals surface area contributed by atoms with E-state index in [1.807, 2.05) is 26.1 Å². The van der Waals surface area contributed by atoms with Gasteiger partial charge in [-0.25, -0.2) is 24.1 Å². The highest BCUT2D eigenvalue weighted by Crippen LogP contribution is 2.37. The molecule has 3 aromatic heterocycles. The number of urea groups is 1. The number of benzene rings is 2. The molecule has 5 rings (SSSR count). The van der Waals surface area contributed by atoms with Crippen molar-refractivity contribution in [1.29, 1.82) is 0 Å². The molecular weight excluding hydrogens is 1240 g/mol. The highest BCUT2D eigenvalue weighted by atomic mass is 35.5. The molecular formula is C46H59Cl3F3N12O16PS2. The number of aliphatic carboxylic acids is 2. The summed E-state index contributed by atoms with van der Waals surface area (Å²) in [5, 5.41) is 26.2. The minimum atomic E-state index is -4.56. The number of nitrogens with zero attached hydrogens (tertiary/aromatic N) is 7. The summed E-state index contributed by atoms with van der Waals surface area (Å²) in [6.07, 6.45) is 1.11. The van der Waals surface area contributed by atoms with E-state index in [0.717, 1.165) is 31.7 Å². The average Bonchev–Trinajstić information content (AvgIpc) is 3.55. The van der Waals surface area contributed by atoms with E-state index in [9.17, 15) is 55.0 Å². The Morgan fingerprint density at radius 3 is 1.93 bits per heavy atom. The van der Waals surface area contributed by atoms with Gasteiger partial charge < -0.3 is 59.0 Å². The van der Waals surface area contributed by atoms with E-state index < -0.39 is 83.2 Å². The molecule has 0 spiro atoms. The van der Waals surface area contributed by atoms with Crippen LogP contribution in [-0.2, 0) is 46.0 Å². The van der Waals surface area contributed by atoms with Gasteiger partial charge in [-0.2, -0.15) is 46.5 Å². The van der Waals surface area contributed by atoms with Crippen molar-refractivity contribution in [2.75, 3.05) is 82.4 Å². The third-order valence-corrected chi connectivity index (χ3v) is 11.1. The maximum absolute atomic E-state index is 12.7. The number of rotatable bonds is 19. The van der Waals surface area contributed by atoms with E-state index in [0.29, 0.717) is 28.9 Å². The van der Waals surface area contributed by atoms with Crippen LogP contribution in [0.5, 0.6) is 23.3 Å². The number of ether oxygens (including phenoxy) is 4. The lowest BCUT2D eigenvalue weighted by Crippen LogP contribution is -2.36. The number of hydrogen-bond donors (Lipinski definition) is 8. The van der Waals surface area contributed by atoms with Gasteiger partial charge in [0.15, 0.2) is 11.1 Å².